The molecule has 0 saturated carbocycles. The molecule has 0 heterocycles. The van der Waals surface area contributed by atoms with Gasteiger partial charge < -0.3 is 14.8 Å². The number of halogens is 1. The van der Waals surface area contributed by atoms with E-state index in [4.69, 9.17) is 9.47 Å². The number of carbonyl (C=O) groups excluding carboxylic acids is 1. The van der Waals surface area contributed by atoms with Crippen molar-refractivity contribution < 1.29 is 27.1 Å². The zero-order valence-electron chi connectivity index (χ0n) is 19.2. The molecule has 180 valence electrons. The Morgan fingerprint density at radius 2 is 1.53 bits per heavy atom. The Kier molecular flexibility index (Phi) is 8.25. The van der Waals surface area contributed by atoms with Gasteiger partial charge in [-0.05, 0) is 54.4 Å². The predicted octanol–water partition coefficient (Wildman–Crippen LogP) is 3.66. The van der Waals surface area contributed by atoms with Crippen molar-refractivity contribution in [2.75, 3.05) is 20.8 Å². The van der Waals surface area contributed by atoms with E-state index in [-0.39, 0.29) is 18.0 Å². The Morgan fingerprint density at radius 1 is 0.912 bits per heavy atom. The number of aryl methyl sites for hydroxylation is 1. The third kappa shape index (κ3) is 6.33. The number of rotatable bonds is 10. The molecule has 1 N–H and O–H groups in total. The van der Waals surface area contributed by atoms with Crippen LogP contribution in [0.4, 0.5) is 4.39 Å². The van der Waals surface area contributed by atoms with Crippen LogP contribution >= 0.6 is 0 Å². The van der Waals surface area contributed by atoms with Crippen molar-refractivity contribution in [2.24, 2.45) is 0 Å². The highest BCUT2D eigenvalue weighted by Crippen LogP contribution is 2.27. The molecule has 9 heteroatoms. The van der Waals surface area contributed by atoms with Gasteiger partial charge in [-0.1, -0.05) is 35.9 Å². The van der Waals surface area contributed by atoms with Crippen LogP contribution in [0.5, 0.6) is 11.5 Å². The fourth-order valence-electron chi connectivity index (χ4n) is 3.29. The number of ether oxygens (including phenoxy) is 2. The summed E-state index contributed by atoms with van der Waals surface area (Å²) < 4.78 is 51.5. The molecule has 0 bridgehead atoms. The van der Waals surface area contributed by atoms with Gasteiger partial charge in [0.15, 0.2) is 11.5 Å². The molecule has 0 aliphatic carbocycles. The number of nitrogens with zero attached hydrogens (tertiary/aromatic N) is 1. The lowest BCUT2D eigenvalue weighted by atomic mass is 10.2. The Labute approximate surface area is 199 Å². The Hall–Kier alpha value is -3.43. The van der Waals surface area contributed by atoms with Crippen LogP contribution in [-0.4, -0.2) is 39.4 Å². The van der Waals surface area contributed by atoms with Gasteiger partial charge in [-0.15, -0.1) is 0 Å². The van der Waals surface area contributed by atoms with Crippen LogP contribution in [0, 0.1) is 12.7 Å². The van der Waals surface area contributed by atoms with Gasteiger partial charge in [-0.3, -0.25) is 4.79 Å². The van der Waals surface area contributed by atoms with Crippen molar-refractivity contribution in [2.45, 2.75) is 24.9 Å². The van der Waals surface area contributed by atoms with Crippen molar-refractivity contribution in [3.8, 4) is 11.5 Å². The number of carbonyl (C=O) groups is 1. The zero-order valence-corrected chi connectivity index (χ0v) is 20.1. The lowest BCUT2D eigenvalue weighted by molar-refractivity contribution is -0.121. The van der Waals surface area contributed by atoms with Crippen molar-refractivity contribution in [1.82, 2.24) is 9.62 Å². The predicted molar refractivity (Wildman–Crippen MR) is 127 cm³/mol. The molecule has 0 radical (unpaired) electrons. The maximum atomic E-state index is 13.3. The number of sulfonamides is 1. The molecule has 0 saturated heterocycles. The van der Waals surface area contributed by atoms with Crippen molar-refractivity contribution in [3.05, 3.63) is 89.2 Å². The summed E-state index contributed by atoms with van der Waals surface area (Å²) in [4.78, 5) is 12.8. The van der Waals surface area contributed by atoms with E-state index >= 15 is 0 Å². The summed E-state index contributed by atoms with van der Waals surface area (Å²) in [6, 6.07) is 17.1. The maximum Gasteiger partial charge on any atom is 0.243 e. The molecule has 1 amide bonds. The monoisotopic (exact) mass is 486 g/mol. The normalized spacial score (nSPS) is 11.3. The van der Waals surface area contributed by atoms with Crippen LogP contribution in [0.15, 0.2) is 71.6 Å². The number of benzene rings is 3. The summed E-state index contributed by atoms with van der Waals surface area (Å²) in [5.41, 5.74) is 2.24. The molecule has 0 aromatic heterocycles. The summed E-state index contributed by atoms with van der Waals surface area (Å²) >= 11 is 0. The molecule has 0 fully saturated rings. The smallest absolute Gasteiger partial charge is 0.243 e. The van der Waals surface area contributed by atoms with Crippen LogP contribution in [0.1, 0.15) is 16.7 Å². The Bertz CT molecular complexity index is 1230. The van der Waals surface area contributed by atoms with E-state index in [0.717, 1.165) is 15.4 Å². The fraction of sp³-hybridized carbons (Fsp3) is 0.240. The van der Waals surface area contributed by atoms with E-state index in [2.05, 4.69) is 5.32 Å². The molecule has 3 rings (SSSR count). The second-order valence-corrected chi connectivity index (χ2v) is 9.62. The molecular weight excluding hydrogens is 459 g/mol. The first-order valence-electron chi connectivity index (χ1n) is 10.5. The van der Waals surface area contributed by atoms with Gasteiger partial charge in [0, 0.05) is 13.1 Å². The van der Waals surface area contributed by atoms with Crippen LogP contribution in [-0.2, 0) is 27.9 Å². The van der Waals surface area contributed by atoms with Gasteiger partial charge in [0.25, 0.3) is 0 Å². The second-order valence-electron chi connectivity index (χ2n) is 7.68. The minimum absolute atomic E-state index is 0.0768. The average Bonchev–Trinajstić information content (AvgIpc) is 2.83. The molecule has 7 nitrogen and oxygen atoms in total. The molecule has 0 atom stereocenters. The zero-order chi connectivity index (χ0) is 24.7. The molecule has 3 aromatic carbocycles. The molecule has 34 heavy (non-hydrogen) atoms. The lowest BCUT2D eigenvalue weighted by Crippen LogP contribution is -2.40. The second kappa shape index (κ2) is 11.1. The Balaban J connectivity index is 1.78. The third-order valence-electron chi connectivity index (χ3n) is 5.19. The largest absolute Gasteiger partial charge is 0.493 e. The van der Waals surface area contributed by atoms with Gasteiger partial charge >= 0.3 is 0 Å². The van der Waals surface area contributed by atoms with Gasteiger partial charge in [0.05, 0.1) is 25.7 Å². The minimum Gasteiger partial charge on any atom is -0.493 e. The van der Waals surface area contributed by atoms with Crippen LogP contribution in [0.3, 0.4) is 0 Å². The number of nitrogens with one attached hydrogen (secondary N) is 1. The van der Waals surface area contributed by atoms with Crippen molar-refractivity contribution in [3.63, 3.8) is 0 Å². The number of methoxy groups -OCH3 is 2. The lowest BCUT2D eigenvalue weighted by Gasteiger charge is -2.22. The van der Waals surface area contributed by atoms with Crippen LogP contribution in [0.2, 0.25) is 0 Å². The van der Waals surface area contributed by atoms with E-state index < -0.39 is 28.3 Å². The van der Waals surface area contributed by atoms with Crippen LogP contribution in [0.25, 0.3) is 0 Å². The molecular formula is C25H27FN2O5S. The van der Waals surface area contributed by atoms with E-state index in [0.29, 0.717) is 17.1 Å². The minimum atomic E-state index is -3.98. The van der Waals surface area contributed by atoms with E-state index in [9.17, 15) is 17.6 Å². The molecule has 0 unspecified atom stereocenters. The van der Waals surface area contributed by atoms with Crippen molar-refractivity contribution in [1.29, 1.82) is 0 Å². The van der Waals surface area contributed by atoms with E-state index in [1.54, 1.807) is 30.3 Å². The quantitative estimate of drug-likeness (QED) is 0.473. The highest BCUT2D eigenvalue weighted by molar-refractivity contribution is 7.89. The van der Waals surface area contributed by atoms with Crippen molar-refractivity contribution >= 4 is 15.9 Å². The maximum absolute atomic E-state index is 13.3. The summed E-state index contributed by atoms with van der Waals surface area (Å²) in [5, 5.41) is 2.74. The third-order valence-corrected chi connectivity index (χ3v) is 6.99. The SMILES string of the molecule is COc1ccc(CNC(=O)CN(Cc2ccc(F)cc2)S(=O)(=O)c2ccc(C)cc2)cc1OC. The van der Waals surface area contributed by atoms with E-state index in [1.807, 2.05) is 6.92 Å². The average molecular weight is 487 g/mol. The van der Waals surface area contributed by atoms with Gasteiger partial charge in [0.1, 0.15) is 5.82 Å². The summed E-state index contributed by atoms with van der Waals surface area (Å²) in [5.74, 6) is 0.179. The summed E-state index contributed by atoms with van der Waals surface area (Å²) in [6.45, 7) is 1.55. The summed E-state index contributed by atoms with van der Waals surface area (Å²) in [7, 11) is -0.933. The molecule has 3 aromatic rings. The molecule has 0 aliphatic rings. The number of hydrogen-bond acceptors (Lipinski definition) is 5. The van der Waals surface area contributed by atoms with Gasteiger partial charge in [-0.2, -0.15) is 4.31 Å². The highest BCUT2D eigenvalue weighted by atomic mass is 32.2. The van der Waals surface area contributed by atoms with E-state index in [1.165, 1.54) is 50.6 Å². The topological polar surface area (TPSA) is 84.9 Å². The first-order chi connectivity index (χ1) is 16.2. The number of hydrogen-bond donors (Lipinski definition) is 1. The number of amides is 1. The molecule has 0 aliphatic heterocycles. The first-order valence-corrected chi connectivity index (χ1v) is 12.0. The standard InChI is InChI=1S/C25H27FN2O5S/c1-18-4-11-22(12-5-18)34(30,31)28(16-19-6-9-21(26)10-7-19)17-25(29)27-15-20-8-13-23(32-2)24(14-20)33-3/h4-14H,15-17H2,1-3H3,(H,27,29). The van der Waals surface area contributed by atoms with Gasteiger partial charge in [-0.25, -0.2) is 12.8 Å². The molecule has 0 spiro atoms. The van der Waals surface area contributed by atoms with Gasteiger partial charge in [0.2, 0.25) is 15.9 Å². The highest BCUT2D eigenvalue weighted by Gasteiger charge is 2.27. The fourth-order valence-corrected chi connectivity index (χ4v) is 4.67. The first kappa shape index (κ1) is 25.2. The summed E-state index contributed by atoms with van der Waals surface area (Å²) in [6.07, 6.45) is 0. The Morgan fingerprint density at radius 3 is 2.15 bits per heavy atom. The van der Waals surface area contributed by atoms with Crippen LogP contribution < -0.4 is 14.8 Å².